The highest BCUT2D eigenvalue weighted by molar-refractivity contribution is 7.13. The van der Waals surface area contributed by atoms with Gasteiger partial charge in [-0.1, -0.05) is 25.1 Å². The minimum atomic E-state index is -0.0945. The van der Waals surface area contributed by atoms with Crippen LogP contribution in [0.15, 0.2) is 46.9 Å². The normalized spacial score (nSPS) is 12.6. The van der Waals surface area contributed by atoms with Crippen LogP contribution in [0.3, 0.4) is 0 Å². The zero-order chi connectivity index (χ0) is 17.4. The zero-order valence-electron chi connectivity index (χ0n) is 14.0. The van der Waals surface area contributed by atoms with E-state index in [1.807, 2.05) is 49.6 Å². The van der Waals surface area contributed by atoms with Crippen molar-refractivity contribution in [2.45, 2.75) is 26.2 Å². The molecule has 0 aliphatic heterocycles. The first kappa shape index (κ1) is 17.9. The fraction of sp³-hybridized carbons (Fsp3) is 0.278. The Labute approximate surface area is 146 Å². The molecule has 0 fully saturated rings. The quantitative estimate of drug-likeness (QED) is 0.772. The fourth-order valence-corrected chi connectivity index (χ4v) is 2.88. The third-order valence-electron chi connectivity index (χ3n) is 3.34. The van der Waals surface area contributed by atoms with E-state index in [1.54, 1.807) is 19.5 Å². The summed E-state index contributed by atoms with van der Waals surface area (Å²) in [7, 11) is 1.61. The number of aliphatic imine (C=N–C) groups is 1. The molecule has 1 amide bonds. The minimum Gasteiger partial charge on any atom is -0.497 e. The van der Waals surface area contributed by atoms with Crippen LogP contribution in [0.2, 0.25) is 0 Å². The molecule has 0 spiro atoms. The molecule has 5 nitrogen and oxygen atoms in total. The summed E-state index contributed by atoms with van der Waals surface area (Å²) in [4.78, 5) is 20.7. The van der Waals surface area contributed by atoms with Crippen LogP contribution in [-0.2, 0) is 11.2 Å². The van der Waals surface area contributed by atoms with Gasteiger partial charge >= 0.3 is 0 Å². The maximum Gasteiger partial charge on any atom is 0.230 e. The Morgan fingerprint density at radius 1 is 1.50 bits per heavy atom. The van der Waals surface area contributed by atoms with Crippen molar-refractivity contribution in [2.24, 2.45) is 4.99 Å². The van der Waals surface area contributed by atoms with Gasteiger partial charge in [-0.15, -0.1) is 11.3 Å². The standard InChI is InChI=1S/C18H21N3O2S/c1-4-19-9-8-13(2)16-12-24-18(20-16)21-17(22)11-14-6-5-7-15(10-14)23-3/h4-10,12-13H,11H2,1-3H3,(H,20,21,22)/b9-8-,19-4?. The minimum absolute atomic E-state index is 0.0945. The summed E-state index contributed by atoms with van der Waals surface area (Å²) in [6.07, 6.45) is 5.74. The predicted octanol–water partition coefficient (Wildman–Crippen LogP) is 4.04. The molecule has 1 aromatic carbocycles. The smallest absolute Gasteiger partial charge is 0.230 e. The number of aromatic nitrogens is 1. The third kappa shape index (κ3) is 5.31. The Kier molecular flexibility index (Phi) is 6.69. The molecular formula is C18H21N3O2S. The van der Waals surface area contributed by atoms with Gasteiger partial charge in [0, 0.05) is 23.7 Å². The molecule has 1 N–H and O–H groups in total. The summed E-state index contributed by atoms with van der Waals surface area (Å²) < 4.78 is 5.17. The molecule has 0 radical (unpaired) electrons. The van der Waals surface area contributed by atoms with Crippen LogP contribution in [0.25, 0.3) is 0 Å². The van der Waals surface area contributed by atoms with Crippen LogP contribution < -0.4 is 10.1 Å². The lowest BCUT2D eigenvalue weighted by Gasteiger charge is -2.05. The van der Waals surface area contributed by atoms with Gasteiger partial charge in [0.2, 0.25) is 5.91 Å². The van der Waals surface area contributed by atoms with E-state index in [9.17, 15) is 4.79 Å². The summed E-state index contributed by atoms with van der Waals surface area (Å²) in [5.74, 6) is 0.795. The van der Waals surface area contributed by atoms with Crippen LogP contribution in [0.4, 0.5) is 5.13 Å². The second kappa shape index (κ2) is 8.98. The predicted molar refractivity (Wildman–Crippen MR) is 99.2 cm³/mol. The lowest BCUT2D eigenvalue weighted by molar-refractivity contribution is -0.115. The van der Waals surface area contributed by atoms with Gasteiger partial charge in [-0.3, -0.25) is 9.79 Å². The van der Waals surface area contributed by atoms with Crippen molar-refractivity contribution >= 4 is 28.6 Å². The second-order valence-electron chi connectivity index (χ2n) is 5.19. The van der Waals surface area contributed by atoms with Crippen molar-refractivity contribution in [3.63, 3.8) is 0 Å². The summed E-state index contributed by atoms with van der Waals surface area (Å²) in [6.45, 7) is 3.91. The van der Waals surface area contributed by atoms with Crippen LogP contribution >= 0.6 is 11.3 Å². The van der Waals surface area contributed by atoms with E-state index in [2.05, 4.69) is 15.3 Å². The highest BCUT2D eigenvalue weighted by Crippen LogP contribution is 2.23. The maximum absolute atomic E-state index is 12.2. The second-order valence-corrected chi connectivity index (χ2v) is 6.05. The summed E-state index contributed by atoms with van der Waals surface area (Å²) in [5, 5.41) is 5.40. The Balaban J connectivity index is 1.94. The van der Waals surface area contributed by atoms with Crippen molar-refractivity contribution in [3.05, 3.63) is 53.2 Å². The number of amides is 1. The van der Waals surface area contributed by atoms with E-state index in [0.717, 1.165) is 17.0 Å². The lowest BCUT2D eigenvalue weighted by atomic mass is 10.1. The van der Waals surface area contributed by atoms with Crippen molar-refractivity contribution < 1.29 is 9.53 Å². The molecule has 126 valence electrons. The van der Waals surface area contributed by atoms with Crippen molar-refractivity contribution in [3.8, 4) is 5.75 Å². The van der Waals surface area contributed by atoms with Crippen LogP contribution in [0, 0.1) is 0 Å². The Hall–Kier alpha value is -2.47. The number of nitrogens with zero attached hydrogens (tertiary/aromatic N) is 2. The average Bonchev–Trinajstić information content (AvgIpc) is 3.03. The topological polar surface area (TPSA) is 63.6 Å². The van der Waals surface area contributed by atoms with Crippen LogP contribution in [-0.4, -0.2) is 24.2 Å². The van der Waals surface area contributed by atoms with Crippen LogP contribution in [0.1, 0.15) is 31.0 Å². The first-order valence-corrected chi connectivity index (χ1v) is 8.53. The molecule has 1 aromatic heterocycles. The lowest BCUT2D eigenvalue weighted by Crippen LogP contribution is -2.14. The van der Waals surface area contributed by atoms with Crippen molar-refractivity contribution in [2.75, 3.05) is 12.4 Å². The maximum atomic E-state index is 12.2. The number of carbonyl (C=O) groups is 1. The van der Waals surface area contributed by atoms with Gasteiger partial charge in [-0.25, -0.2) is 4.98 Å². The third-order valence-corrected chi connectivity index (χ3v) is 4.12. The number of methoxy groups -OCH3 is 1. The SMILES string of the molecule is CC=N/C=C\C(C)c1csc(NC(=O)Cc2cccc(OC)c2)n1. The van der Waals surface area contributed by atoms with Gasteiger partial charge < -0.3 is 10.1 Å². The zero-order valence-corrected chi connectivity index (χ0v) is 14.8. The number of rotatable bonds is 7. The first-order chi connectivity index (χ1) is 11.6. The molecule has 24 heavy (non-hydrogen) atoms. The number of nitrogens with one attached hydrogen (secondary N) is 1. The molecule has 0 aliphatic rings. The van der Waals surface area contributed by atoms with Gasteiger partial charge in [-0.2, -0.15) is 0 Å². The number of hydrogen-bond donors (Lipinski definition) is 1. The average molecular weight is 343 g/mol. The van der Waals surface area contributed by atoms with E-state index in [1.165, 1.54) is 11.3 Å². The van der Waals surface area contributed by atoms with Gasteiger partial charge in [0.05, 0.1) is 19.2 Å². The molecule has 0 saturated carbocycles. The molecule has 2 rings (SSSR count). The molecular weight excluding hydrogens is 322 g/mol. The Morgan fingerprint density at radius 3 is 3.08 bits per heavy atom. The van der Waals surface area contributed by atoms with Gasteiger partial charge in [-0.05, 0) is 24.6 Å². The number of hydrogen-bond acceptors (Lipinski definition) is 5. The number of thiazole rings is 1. The van der Waals surface area contributed by atoms with Gasteiger partial charge in [0.25, 0.3) is 0 Å². The van der Waals surface area contributed by atoms with E-state index in [0.29, 0.717) is 5.13 Å². The van der Waals surface area contributed by atoms with E-state index in [-0.39, 0.29) is 18.2 Å². The molecule has 1 atom stereocenters. The highest BCUT2D eigenvalue weighted by Gasteiger charge is 2.10. The fourth-order valence-electron chi connectivity index (χ4n) is 2.05. The molecule has 1 heterocycles. The van der Waals surface area contributed by atoms with E-state index < -0.39 is 0 Å². The molecule has 6 heteroatoms. The number of allylic oxidation sites excluding steroid dienone is 1. The van der Waals surface area contributed by atoms with Gasteiger partial charge in [0.1, 0.15) is 5.75 Å². The number of anilines is 1. The van der Waals surface area contributed by atoms with Crippen LogP contribution in [0.5, 0.6) is 5.75 Å². The molecule has 1 unspecified atom stereocenters. The highest BCUT2D eigenvalue weighted by atomic mass is 32.1. The Bertz CT molecular complexity index is 737. The summed E-state index contributed by atoms with van der Waals surface area (Å²) >= 11 is 1.42. The molecule has 2 aromatic rings. The Morgan fingerprint density at radius 2 is 2.33 bits per heavy atom. The monoisotopic (exact) mass is 343 g/mol. The van der Waals surface area contributed by atoms with Gasteiger partial charge in [0.15, 0.2) is 5.13 Å². The van der Waals surface area contributed by atoms with E-state index >= 15 is 0 Å². The largest absolute Gasteiger partial charge is 0.497 e. The number of benzene rings is 1. The van der Waals surface area contributed by atoms with Crippen molar-refractivity contribution in [1.29, 1.82) is 0 Å². The summed E-state index contributed by atoms with van der Waals surface area (Å²) in [6, 6.07) is 7.48. The number of ether oxygens (including phenoxy) is 1. The first-order valence-electron chi connectivity index (χ1n) is 7.65. The molecule has 0 saturated heterocycles. The molecule has 0 aliphatic carbocycles. The number of carbonyl (C=O) groups excluding carboxylic acids is 1. The molecule has 0 bridgehead atoms. The van der Waals surface area contributed by atoms with E-state index in [4.69, 9.17) is 4.74 Å². The summed E-state index contributed by atoms with van der Waals surface area (Å²) in [5.41, 5.74) is 1.82. The van der Waals surface area contributed by atoms with Crippen molar-refractivity contribution in [1.82, 2.24) is 4.98 Å².